The smallest absolute Gasteiger partial charge is 0.321 e. The zero-order chi connectivity index (χ0) is 17.3. The van der Waals surface area contributed by atoms with Crippen LogP contribution in [-0.2, 0) is 9.47 Å². The number of hydrogen-bond acceptors (Lipinski definition) is 2. The van der Waals surface area contributed by atoms with Gasteiger partial charge in [-0.25, -0.2) is 0 Å². The fraction of sp³-hybridized carbons (Fsp3) is 0.909. The lowest BCUT2D eigenvalue weighted by molar-refractivity contribution is 0.0627. The fourth-order valence-corrected chi connectivity index (χ4v) is 3.34. The van der Waals surface area contributed by atoms with Gasteiger partial charge in [-0.15, -0.1) is 0 Å². The Balaban J connectivity index is 1.92. The Labute approximate surface area is 151 Å². The van der Waals surface area contributed by atoms with E-state index in [9.17, 15) is 0 Å². The normalized spacial score (nSPS) is 14.2. The topological polar surface area (TPSA) is 21.8 Å². The van der Waals surface area contributed by atoms with E-state index in [1.807, 2.05) is 0 Å². The van der Waals surface area contributed by atoms with E-state index in [1.54, 1.807) is 6.26 Å². The molecule has 142 valence electrons. The summed E-state index contributed by atoms with van der Waals surface area (Å²) in [5.41, 5.74) is 0. The van der Waals surface area contributed by atoms with Crippen LogP contribution >= 0.6 is 0 Å². The van der Waals surface area contributed by atoms with Crippen LogP contribution < -0.4 is 0 Å². The first-order valence-corrected chi connectivity index (χ1v) is 10.9. The van der Waals surface area contributed by atoms with E-state index in [1.165, 1.54) is 109 Å². The van der Waals surface area contributed by atoms with Crippen LogP contribution in [0.1, 0.15) is 123 Å². The van der Waals surface area contributed by atoms with Crippen LogP contribution in [0.2, 0.25) is 0 Å². The average molecular weight is 339 g/mol. The van der Waals surface area contributed by atoms with E-state index in [4.69, 9.17) is 9.47 Å². The Hall–Kier alpha value is -0.660. The van der Waals surface area contributed by atoms with Gasteiger partial charge in [0.15, 0.2) is 6.26 Å². The van der Waals surface area contributed by atoms with Crippen molar-refractivity contribution in [3.8, 4) is 0 Å². The lowest BCUT2D eigenvalue weighted by atomic mass is 10.0. The van der Waals surface area contributed by atoms with Crippen LogP contribution in [0.4, 0.5) is 0 Å². The molecule has 0 saturated heterocycles. The zero-order valence-corrected chi connectivity index (χ0v) is 16.5. The molecule has 2 heteroatoms. The molecule has 2 nitrogen and oxygen atoms in total. The molecule has 24 heavy (non-hydrogen) atoms. The van der Waals surface area contributed by atoms with Crippen molar-refractivity contribution in [1.82, 2.24) is 0 Å². The largest absolute Gasteiger partial charge is 0.460 e. The van der Waals surface area contributed by atoms with E-state index in [0.29, 0.717) is 6.10 Å². The summed E-state index contributed by atoms with van der Waals surface area (Å²) in [5, 5.41) is 0. The highest BCUT2D eigenvalue weighted by Crippen LogP contribution is 2.23. The number of unbranched alkanes of at least 4 members (excludes halogenated alkanes) is 13. The molecule has 0 amide bonds. The minimum absolute atomic E-state index is 0.384. The van der Waals surface area contributed by atoms with Crippen molar-refractivity contribution in [3.63, 3.8) is 0 Å². The molecule has 0 spiro atoms. The Bertz CT molecular complexity index is 298. The molecule has 0 aliphatic carbocycles. The van der Waals surface area contributed by atoms with Crippen LogP contribution in [-0.4, -0.2) is 6.10 Å². The second-order valence-corrected chi connectivity index (χ2v) is 7.47. The summed E-state index contributed by atoms with van der Waals surface area (Å²) in [6.07, 6.45) is 25.2. The van der Waals surface area contributed by atoms with Crippen molar-refractivity contribution < 1.29 is 9.47 Å². The number of ether oxygens (including phenoxy) is 2. The van der Waals surface area contributed by atoms with Crippen LogP contribution in [0.3, 0.4) is 0 Å². The van der Waals surface area contributed by atoms with Gasteiger partial charge < -0.3 is 9.47 Å². The highest BCUT2D eigenvalue weighted by molar-refractivity contribution is 4.93. The Kier molecular flexibility index (Phi) is 14.1. The molecular formula is C22H42O2. The summed E-state index contributed by atoms with van der Waals surface area (Å²) in [7, 11) is 0. The Morgan fingerprint density at radius 3 is 1.42 bits per heavy atom. The minimum atomic E-state index is 0.384. The third-order valence-electron chi connectivity index (χ3n) is 5.01. The maximum Gasteiger partial charge on any atom is 0.321 e. The van der Waals surface area contributed by atoms with Crippen LogP contribution in [0, 0.1) is 0 Å². The van der Waals surface area contributed by atoms with Crippen LogP contribution in [0.25, 0.3) is 0 Å². The van der Waals surface area contributed by atoms with Crippen molar-refractivity contribution >= 4 is 0 Å². The van der Waals surface area contributed by atoms with Gasteiger partial charge in [0.05, 0.1) is 0 Å². The first-order valence-electron chi connectivity index (χ1n) is 10.9. The maximum absolute atomic E-state index is 5.89. The number of hydrogen-bond donors (Lipinski definition) is 0. The second kappa shape index (κ2) is 15.8. The molecule has 0 saturated carbocycles. The van der Waals surface area contributed by atoms with Gasteiger partial charge in [0.2, 0.25) is 0 Å². The number of rotatable bonds is 19. The van der Waals surface area contributed by atoms with Crippen molar-refractivity contribution in [2.24, 2.45) is 0 Å². The molecule has 1 aliphatic heterocycles. The van der Waals surface area contributed by atoms with Gasteiger partial charge in [0, 0.05) is 0 Å². The molecule has 1 unspecified atom stereocenters. The molecular weight excluding hydrogens is 296 g/mol. The molecule has 0 aromatic rings. The molecule has 0 aromatic heterocycles. The minimum Gasteiger partial charge on any atom is -0.460 e. The van der Waals surface area contributed by atoms with Crippen LogP contribution in [0.5, 0.6) is 0 Å². The first-order chi connectivity index (χ1) is 11.9. The summed E-state index contributed by atoms with van der Waals surface area (Å²) in [6, 6.07) is 0. The quantitative estimate of drug-likeness (QED) is 0.223. The first kappa shape index (κ1) is 21.4. The predicted molar refractivity (Wildman–Crippen MR) is 104 cm³/mol. The van der Waals surface area contributed by atoms with E-state index >= 15 is 0 Å². The third kappa shape index (κ3) is 13.7. The van der Waals surface area contributed by atoms with Crippen LogP contribution in [0.15, 0.2) is 12.2 Å². The van der Waals surface area contributed by atoms with Gasteiger partial charge in [-0.2, -0.15) is 0 Å². The van der Waals surface area contributed by atoms with Gasteiger partial charge >= 0.3 is 5.95 Å². The molecule has 0 radical (unpaired) electrons. The zero-order valence-electron chi connectivity index (χ0n) is 16.5. The molecule has 1 rings (SSSR count). The highest BCUT2D eigenvalue weighted by Gasteiger charge is 2.18. The lowest BCUT2D eigenvalue weighted by Gasteiger charge is -2.16. The SMILES string of the molecule is CCCCCCCCCCCCC(CCCCCCC)OC1=CO1. The standard InChI is InChI=1S/C22H42O2/c1-3-5-7-9-10-11-12-13-15-17-19-21(24-22-20-23-22)18-16-14-8-6-4-2/h20-21H,3-19H2,1-2H3. The van der Waals surface area contributed by atoms with Gasteiger partial charge in [0.25, 0.3) is 0 Å². The van der Waals surface area contributed by atoms with Gasteiger partial charge in [-0.3, -0.25) is 0 Å². The third-order valence-corrected chi connectivity index (χ3v) is 5.01. The highest BCUT2D eigenvalue weighted by atomic mass is 16.7. The van der Waals surface area contributed by atoms with E-state index in [0.717, 1.165) is 5.95 Å². The average Bonchev–Trinajstić information content (AvgIpc) is 3.40. The van der Waals surface area contributed by atoms with Crippen molar-refractivity contribution in [2.75, 3.05) is 0 Å². The Morgan fingerprint density at radius 1 is 0.667 bits per heavy atom. The monoisotopic (exact) mass is 338 g/mol. The molecule has 0 bridgehead atoms. The van der Waals surface area contributed by atoms with Crippen molar-refractivity contribution in [2.45, 2.75) is 129 Å². The van der Waals surface area contributed by atoms with Gasteiger partial charge in [0.1, 0.15) is 6.10 Å². The van der Waals surface area contributed by atoms with E-state index in [-0.39, 0.29) is 0 Å². The summed E-state index contributed by atoms with van der Waals surface area (Å²) < 4.78 is 10.9. The maximum atomic E-state index is 5.89. The van der Waals surface area contributed by atoms with Crippen molar-refractivity contribution in [1.29, 1.82) is 0 Å². The second-order valence-electron chi connectivity index (χ2n) is 7.47. The predicted octanol–water partition coefficient (Wildman–Crippen LogP) is 7.87. The van der Waals surface area contributed by atoms with E-state index in [2.05, 4.69) is 13.8 Å². The van der Waals surface area contributed by atoms with Gasteiger partial charge in [-0.05, 0) is 25.7 Å². The lowest BCUT2D eigenvalue weighted by Crippen LogP contribution is -2.11. The Morgan fingerprint density at radius 2 is 1.04 bits per heavy atom. The summed E-state index contributed by atoms with van der Waals surface area (Å²) in [4.78, 5) is 0. The molecule has 1 atom stereocenters. The molecule has 0 N–H and O–H groups in total. The summed E-state index contributed by atoms with van der Waals surface area (Å²) >= 11 is 0. The van der Waals surface area contributed by atoms with Crippen molar-refractivity contribution in [3.05, 3.63) is 12.2 Å². The fourth-order valence-electron chi connectivity index (χ4n) is 3.34. The summed E-state index contributed by atoms with van der Waals surface area (Å²) in [6.45, 7) is 4.56. The van der Waals surface area contributed by atoms with Gasteiger partial charge in [-0.1, -0.05) is 97.3 Å². The molecule has 0 aromatic carbocycles. The molecule has 1 heterocycles. The summed E-state index contributed by atoms with van der Waals surface area (Å²) in [5.74, 6) is 0.764. The molecule has 1 aliphatic rings. The molecule has 0 fully saturated rings. The van der Waals surface area contributed by atoms with E-state index < -0.39 is 0 Å².